The summed E-state index contributed by atoms with van der Waals surface area (Å²) in [7, 11) is -2.20. The predicted octanol–water partition coefficient (Wildman–Crippen LogP) is 1.90. The normalized spacial score (nSPS) is 14.2. The molecule has 1 rings (SSSR count). The topological polar surface area (TPSA) is 75.6 Å². The highest BCUT2D eigenvalue weighted by molar-refractivity contribution is 9.10. The Balaban J connectivity index is 3.11. The van der Waals surface area contributed by atoms with Gasteiger partial charge in [0, 0.05) is 0 Å². The van der Waals surface area contributed by atoms with Crippen molar-refractivity contribution in [3.8, 4) is 5.75 Å². The van der Waals surface area contributed by atoms with E-state index >= 15 is 0 Å². The Hall–Kier alpha value is -0.630. The van der Waals surface area contributed by atoms with Gasteiger partial charge in [0.05, 0.1) is 28.1 Å². The molecule has 5 nitrogen and oxygen atoms in total. The van der Waals surface area contributed by atoms with Crippen LogP contribution in [0.3, 0.4) is 0 Å². The van der Waals surface area contributed by atoms with E-state index in [1.54, 1.807) is 19.9 Å². The minimum absolute atomic E-state index is 0.105. The van der Waals surface area contributed by atoms with Crippen LogP contribution in [-0.2, 0) is 10.0 Å². The predicted molar refractivity (Wildman–Crippen MR) is 76.8 cm³/mol. The minimum atomic E-state index is -3.71. The lowest BCUT2D eigenvalue weighted by molar-refractivity contribution is 0.111. The molecule has 0 aliphatic heterocycles. The molecule has 0 saturated heterocycles. The van der Waals surface area contributed by atoms with Crippen LogP contribution in [0.15, 0.2) is 27.6 Å². The lowest BCUT2D eigenvalue weighted by atomic mass is 10.0. The zero-order valence-corrected chi connectivity index (χ0v) is 13.7. The smallest absolute Gasteiger partial charge is 0.241 e. The van der Waals surface area contributed by atoms with Crippen LogP contribution in [-0.4, -0.2) is 32.3 Å². The molecule has 1 unspecified atom stereocenters. The lowest BCUT2D eigenvalue weighted by Gasteiger charge is -2.28. The third-order valence-electron chi connectivity index (χ3n) is 2.88. The van der Waals surface area contributed by atoms with Gasteiger partial charge in [-0.1, -0.05) is 0 Å². The van der Waals surface area contributed by atoms with Gasteiger partial charge in [0.1, 0.15) is 5.75 Å². The summed E-state index contributed by atoms with van der Waals surface area (Å²) in [6.45, 7) is 4.77. The van der Waals surface area contributed by atoms with Crippen LogP contribution >= 0.6 is 15.9 Å². The van der Waals surface area contributed by atoms with E-state index in [-0.39, 0.29) is 4.90 Å². The quantitative estimate of drug-likeness (QED) is 0.849. The van der Waals surface area contributed by atoms with E-state index in [2.05, 4.69) is 20.7 Å². The van der Waals surface area contributed by atoms with Gasteiger partial charge in [-0.3, -0.25) is 0 Å². The number of aliphatic hydroxyl groups excluding tert-OH is 1. The van der Waals surface area contributed by atoms with Crippen molar-refractivity contribution in [1.29, 1.82) is 0 Å². The van der Waals surface area contributed by atoms with Crippen molar-refractivity contribution in [3.05, 3.63) is 22.7 Å². The van der Waals surface area contributed by atoms with Crippen molar-refractivity contribution in [3.63, 3.8) is 0 Å². The van der Waals surface area contributed by atoms with Gasteiger partial charge in [0.15, 0.2) is 0 Å². The second kappa shape index (κ2) is 5.78. The maximum Gasteiger partial charge on any atom is 0.241 e. The van der Waals surface area contributed by atoms with Crippen LogP contribution in [0, 0.1) is 0 Å². The summed E-state index contributed by atoms with van der Waals surface area (Å²) in [6, 6.07) is 4.47. The Morgan fingerprint density at radius 3 is 2.42 bits per heavy atom. The summed E-state index contributed by atoms with van der Waals surface area (Å²) in [5.74, 6) is 0.550. The molecule has 2 N–H and O–H groups in total. The highest BCUT2D eigenvalue weighted by atomic mass is 79.9. The monoisotopic (exact) mass is 351 g/mol. The average Bonchev–Trinajstić information content (AvgIpc) is 2.27. The third kappa shape index (κ3) is 3.92. The van der Waals surface area contributed by atoms with E-state index in [0.717, 1.165) is 0 Å². The Labute approximate surface area is 122 Å². The fourth-order valence-corrected chi connectivity index (χ4v) is 3.50. The Morgan fingerprint density at radius 2 is 2.00 bits per heavy atom. The number of methoxy groups -OCH3 is 1. The molecular weight excluding hydrogens is 334 g/mol. The Kier molecular flexibility index (Phi) is 5.00. The summed E-state index contributed by atoms with van der Waals surface area (Å²) < 4.78 is 32.5. The number of hydrogen-bond donors (Lipinski definition) is 2. The molecule has 7 heteroatoms. The van der Waals surface area contributed by atoms with Gasteiger partial charge in [-0.15, -0.1) is 0 Å². The largest absolute Gasteiger partial charge is 0.496 e. The molecule has 0 saturated carbocycles. The summed E-state index contributed by atoms with van der Waals surface area (Å²) in [6.07, 6.45) is -0.816. The van der Waals surface area contributed by atoms with Gasteiger partial charge in [0.2, 0.25) is 10.0 Å². The van der Waals surface area contributed by atoms with Crippen LogP contribution in [0.25, 0.3) is 0 Å². The highest BCUT2D eigenvalue weighted by Gasteiger charge is 2.30. The van der Waals surface area contributed by atoms with Crippen molar-refractivity contribution in [2.75, 3.05) is 7.11 Å². The standard InChI is InChI=1S/C12H18BrNO4S/c1-8(15)12(2,3)14-19(16,17)9-5-6-11(18-4)10(13)7-9/h5-8,14-15H,1-4H3. The number of sulfonamides is 1. The molecule has 0 radical (unpaired) electrons. The van der Waals surface area contributed by atoms with Gasteiger partial charge in [-0.05, 0) is 54.9 Å². The number of halogens is 1. The molecular formula is C12H18BrNO4S. The molecule has 0 heterocycles. The first kappa shape index (κ1) is 16.4. The van der Waals surface area contributed by atoms with E-state index in [9.17, 15) is 13.5 Å². The van der Waals surface area contributed by atoms with Crippen LogP contribution in [0.4, 0.5) is 0 Å². The van der Waals surface area contributed by atoms with Crippen molar-refractivity contribution in [1.82, 2.24) is 4.72 Å². The Bertz CT molecular complexity index is 555. The first-order valence-electron chi connectivity index (χ1n) is 5.66. The van der Waals surface area contributed by atoms with E-state index in [1.807, 2.05) is 0 Å². The number of ether oxygens (including phenoxy) is 1. The SMILES string of the molecule is COc1ccc(S(=O)(=O)NC(C)(C)C(C)O)cc1Br. The molecule has 0 spiro atoms. The number of nitrogens with one attached hydrogen (secondary N) is 1. The maximum absolute atomic E-state index is 12.2. The zero-order valence-electron chi connectivity index (χ0n) is 11.3. The fraction of sp³-hybridized carbons (Fsp3) is 0.500. The zero-order chi connectivity index (χ0) is 14.8. The van der Waals surface area contributed by atoms with Crippen LogP contribution < -0.4 is 9.46 Å². The van der Waals surface area contributed by atoms with Gasteiger partial charge < -0.3 is 9.84 Å². The Morgan fingerprint density at radius 1 is 1.42 bits per heavy atom. The lowest BCUT2D eigenvalue weighted by Crippen LogP contribution is -2.50. The first-order chi connectivity index (χ1) is 8.60. The molecule has 0 aliphatic rings. The van der Waals surface area contributed by atoms with Crippen LogP contribution in [0.5, 0.6) is 5.75 Å². The molecule has 0 bridgehead atoms. The molecule has 0 aliphatic carbocycles. The van der Waals surface area contributed by atoms with Crippen molar-refractivity contribution in [2.24, 2.45) is 0 Å². The maximum atomic E-state index is 12.2. The van der Waals surface area contributed by atoms with E-state index in [4.69, 9.17) is 4.74 Å². The van der Waals surface area contributed by atoms with Crippen molar-refractivity contribution >= 4 is 26.0 Å². The van der Waals surface area contributed by atoms with Gasteiger partial charge in [-0.25, -0.2) is 13.1 Å². The van der Waals surface area contributed by atoms with E-state index < -0.39 is 21.7 Å². The molecule has 0 aromatic heterocycles. The summed E-state index contributed by atoms with van der Waals surface area (Å²) in [5.41, 5.74) is -0.953. The number of benzene rings is 1. The van der Waals surface area contributed by atoms with Crippen molar-refractivity contribution in [2.45, 2.75) is 37.3 Å². The molecule has 1 atom stereocenters. The van der Waals surface area contributed by atoms with Gasteiger partial charge >= 0.3 is 0 Å². The molecule has 19 heavy (non-hydrogen) atoms. The van der Waals surface area contributed by atoms with Crippen LogP contribution in [0.1, 0.15) is 20.8 Å². The molecule has 0 amide bonds. The molecule has 108 valence electrons. The minimum Gasteiger partial charge on any atom is -0.496 e. The highest BCUT2D eigenvalue weighted by Crippen LogP contribution is 2.28. The number of rotatable bonds is 5. The molecule has 1 aromatic carbocycles. The van der Waals surface area contributed by atoms with E-state index in [0.29, 0.717) is 10.2 Å². The summed E-state index contributed by atoms with van der Waals surface area (Å²) in [4.78, 5) is 0.105. The summed E-state index contributed by atoms with van der Waals surface area (Å²) in [5, 5.41) is 9.57. The second-order valence-electron chi connectivity index (χ2n) is 4.80. The van der Waals surface area contributed by atoms with E-state index in [1.165, 1.54) is 26.2 Å². The second-order valence-corrected chi connectivity index (χ2v) is 7.34. The molecule has 1 aromatic rings. The fourth-order valence-electron chi connectivity index (χ4n) is 1.30. The number of aliphatic hydroxyl groups is 1. The third-order valence-corrected chi connectivity index (χ3v) is 5.16. The summed E-state index contributed by atoms with van der Waals surface area (Å²) >= 11 is 3.24. The molecule has 0 fully saturated rings. The van der Waals surface area contributed by atoms with Gasteiger partial charge in [-0.2, -0.15) is 0 Å². The van der Waals surface area contributed by atoms with Crippen LogP contribution in [0.2, 0.25) is 0 Å². The van der Waals surface area contributed by atoms with Crippen molar-refractivity contribution < 1.29 is 18.3 Å². The average molecular weight is 352 g/mol. The van der Waals surface area contributed by atoms with Gasteiger partial charge in [0.25, 0.3) is 0 Å². The first-order valence-corrected chi connectivity index (χ1v) is 7.93. The number of hydrogen-bond acceptors (Lipinski definition) is 4.